The van der Waals surface area contributed by atoms with Crippen LogP contribution in [0.2, 0.25) is 0 Å². The minimum Gasteiger partial charge on any atom is -0.494 e. The lowest BCUT2D eigenvalue weighted by Gasteiger charge is -2.36. The second-order valence-electron chi connectivity index (χ2n) is 8.09. The van der Waals surface area contributed by atoms with Gasteiger partial charge in [0.1, 0.15) is 11.4 Å². The number of ether oxygens (including phenoxy) is 1. The van der Waals surface area contributed by atoms with E-state index in [0.717, 1.165) is 38.4 Å². The maximum atomic E-state index is 12.5. The van der Waals surface area contributed by atoms with E-state index in [-0.39, 0.29) is 5.91 Å². The highest BCUT2D eigenvalue weighted by Crippen LogP contribution is 2.21. The van der Waals surface area contributed by atoms with E-state index in [0.29, 0.717) is 18.8 Å². The zero-order chi connectivity index (χ0) is 20.6. The number of likely N-dealkylation sites (tertiary alicyclic amines) is 1. The Morgan fingerprint density at radius 3 is 2.37 bits per heavy atom. The van der Waals surface area contributed by atoms with Gasteiger partial charge in [-0.3, -0.25) is 9.78 Å². The zero-order valence-corrected chi connectivity index (χ0v) is 17.7. The van der Waals surface area contributed by atoms with Gasteiger partial charge in [0.25, 0.3) is 5.91 Å². The van der Waals surface area contributed by atoms with Gasteiger partial charge in [-0.2, -0.15) is 0 Å². The van der Waals surface area contributed by atoms with Gasteiger partial charge in [0.2, 0.25) is 0 Å². The highest BCUT2D eigenvalue weighted by molar-refractivity contribution is 5.92. The van der Waals surface area contributed by atoms with Gasteiger partial charge < -0.3 is 19.4 Å². The second-order valence-corrected chi connectivity index (χ2v) is 8.09. The Kier molecular flexibility index (Phi) is 7.19. The Labute approximate surface area is 179 Å². The van der Waals surface area contributed by atoms with Crippen molar-refractivity contribution in [1.29, 1.82) is 0 Å². The number of amides is 1. The second kappa shape index (κ2) is 10.4. The molecule has 0 atom stereocenters. The fourth-order valence-electron chi connectivity index (χ4n) is 4.23. The fourth-order valence-corrected chi connectivity index (χ4v) is 4.23. The van der Waals surface area contributed by atoms with Crippen LogP contribution in [-0.2, 0) is 0 Å². The average Bonchev–Trinajstić information content (AvgIpc) is 2.83. The first-order valence-corrected chi connectivity index (χ1v) is 11.2. The number of anilines is 1. The van der Waals surface area contributed by atoms with Crippen molar-refractivity contribution in [3.05, 3.63) is 54.4 Å². The van der Waals surface area contributed by atoms with Crippen molar-refractivity contribution in [3.8, 4) is 5.75 Å². The number of nitrogens with zero attached hydrogens (tertiary/aromatic N) is 4. The molecule has 30 heavy (non-hydrogen) atoms. The lowest BCUT2D eigenvalue weighted by molar-refractivity contribution is 0.0741. The molecular weight excluding hydrogens is 376 g/mol. The Balaban J connectivity index is 1.19. The summed E-state index contributed by atoms with van der Waals surface area (Å²) in [5, 5.41) is 0. The number of piperidine rings is 1. The molecule has 1 amide bonds. The smallest absolute Gasteiger partial charge is 0.272 e. The number of benzene rings is 1. The maximum absolute atomic E-state index is 12.5. The Hall–Kier alpha value is -2.60. The first-order valence-electron chi connectivity index (χ1n) is 11.2. The summed E-state index contributed by atoms with van der Waals surface area (Å²) >= 11 is 0. The van der Waals surface area contributed by atoms with E-state index in [1.807, 2.05) is 17.0 Å². The van der Waals surface area contributed by atoms with Crippen LogP contribution in [0.25, 0.3) is 0 Å². The molecule has 0 radical (unpaired) electrons. The third kappa shape index (κ3) is 5.51. The van der Waals surface area contributed by atoms with Crippen LogP contribution in [0.3, 0.4) is 0 Å². The molecule has 0 aliphatic carbocycles. The van der Waals surface area contributed by atoms with Gasteiger partial charge in [-0.05, 0) is 68.8 Å². The molecule has 1 aromatic heterocycles. The minimum atomic E-state index is 0.0172. The van der Waals surface area contributed by atoms with E-state index in [2.05, 4.69) is 39.0 Å². The van der Waals surface area contributed by atoms with Crippen LogP contribution in [0.15, 0.2) is 48.7 Å². The average molecular weight is 409 g/mol. The number of rotatable bonds is 7. The lowest BCUT2D eigenvalue weighted by atomic mass is 10.1. The lowest BCUT2D eigenvalue weighted by Crippen LogP contribution is -2.49. The number of pyridine rings is 1. The molecule has 160 valence electrons. The summed E-state index contributed by atoms with van der Waals surface area (Å²) in [7, 11) is 0. The summed E-state index contributed by atoms with van der Waals surface area (Å²) in [5.41, 5.74) is 1.70. The fraction of sp³-hybridized carbons (Fsp3) is 0.500. The van der Waals surface area contributed by atoms with Gasteiger partial charge in [-0.1, -0.05) is 12.5 Å². The minimum absolute atomic E-state index is 0.0172. The highest BCUT2D eigenvalue weighted by atomic mass is 16.5. The molecule has 4 rings (SSSR count). The third-order valence-corrected chi connectivity index (χ3v) is 5.99. The van der Waals surface area contributed by atoms with Crippen LogP contribution in [-0.4, -0.2) is 73.1 Å². The molecule has 0 spiro atoms. The molecule has 0 saturated carbocycles. The molecule has 2 aliphatic heterocycles. The molecule has 1 aromatic carbocycles. The molecular formula is C24H32N4O2. The molecule has 0 N–H and O–H groups in total. The normalized spacial score (nSPS) is 17.7. The number of carbonyl (C=O) groups is 1. The van der Waals surface area contributed by atoms with E-state index in [9.17, 15) is 4.79 Å². The summed E-state index contributed by atoms with van der Waals surface area (Å²) in [4.78, 5) is 23.5. The van der Waals surface area contributed by atoms with Crippen molar-refractivity contribution in [3.63, 3.8) is 0 Å². The Morgan fingerprint density at radius 1 is 0.900 bits per heavy atom. The summed E-state index contributed by atoms with van der Waals surface area (Å²) in [6.45, 7) is 7.48. The van der Waals surface area contributed by atoms with Crippen molar-refractivity contribution < 1.29 is 9.53 Å². The van der Waals surface area contributed by atoms with Crippen molar-refractivity contribution >= 4 is 11.6 Å². The monoisotopic (exact) mass is 408 g/mol. The van der Waals surface area contributed by atoms with Crippen molar-refractivity contribution in [1.82, 2.24) is 14.8 Å². The quantitative estimate of drug-likeness (QED) is 0.658. The maximum Gasteiger partial charge on any atom is 0.272 e. The van der Waals surface area contributed by atoms with Gasteiger partial charge in [0, 0.05) is 44.6 Å². The van der Waals surface area contributed by atoms with E-state index in [1.54, 1.807) is 12.3 Å². The molecule has 6 heteroatoms. The molecule has 2 saturated heterocycles. The molecule has 2 fully saturated rings. The SMILES string of the molecule is O=C(c1ccccn1)N1CCN(c2ccc(OCCCN3CCCCC3)cc2)CC1. The van der Waals surface area contributed by atoms with Crippen LogP contribution >= 0.6 is 0 Å². The van der Waals surface area contributed by atoms with E-state index < -0.39 is 0 Å². The molecule has 6 nitrogen and oxygen atoms in total. The first-order chi connectivity index (χ1) is 14.8. The predicted octanol–water partition coefficient (Wildman–Crippen LogP) is 3.30. The van der Waals surface area contributed by atoms with E-state index in [1.165, 1.54) is 38.0 Å². The van der Waals surface area contributed by atoms with Crippen molar-refractivity contribution in [2.75, 3.05) is 57.3 Å². The molecule has 3 heterocycles. The van der Waals surface area contributed by atoms with Crippen LogP contribution < -0.4 is 9.64 Å². The molecule has 0 unspecified atom stereocenters. The number of piperazine rings is 1. The van der Waals surface area contributed by atoms with E-state index >= 15 is 0 Å². The molecule has 2 aromatic rings. The third-order valence-electron chi connectivity index (χ3n) is 5.99. The zero-order valence-electron chi connectivity index (χ0n) is 17.7. The molecule has 0 bridgehead atoms. The Morgan fingerprint density at radius 2 is 1.67 bits per heavy atom. The topological polar surface area (TPSA) is 48.9 Å². The van der Waals surface area contributed by atoms with Gasteiger partial charge in [0.15, 0.2) is 0 Å². The summed E-state index contributed by atoms with van der Waals surface area (Å²) < 4.78 is 5.93. The van der Waals surface area contributed by atoms with E-state index in [4.69, 9.17) is 4.74 Å². The van der Waals surface area contributed by atoms with Gasteiger partial charge in [-0.25, -0.2) is 0 Å². The van der Waals surface area contributed by atoms with Gasteiger partial charge in [0.05, 0.1) is 6.61 Å². The number of aromatic nitrogens is 1. The van der Waals surface area contributed by atoms with Crippen molar-refractivity contribution in [2.45, 2.75) is 25.7 Å². The summed E-state index contributed by atoms with van der Waals surface area (Å²) in [6.07, 6.45) is 6.81. The first kappa shape index (κ1) is 20.7. The van der Waals surface area contributed by atoms with Crippen molar-refractivity contribution in [2.24, 2.45) is 0 Å². The number of carbonyl (C=O) groups excluding carboxylic acids is 1. The number of hydrogen-bond donors (Lipinski definition) is 0. The summed E-state index contributed by atoms with van der Waals surface area (Å²) in [6, 6.07) is 13.8. The predicted molar refractivity (Wildman–Crippen MR) is 119 cm³/mol. The van der Waals surface area contributed by atoms with Crippen LogP contribution in [0, 0.1) is 0 Å². The van der Waals surface area contributed by atoms with Gasteiger partial charge >= 0.3 is 0 Å². The summed E-state index contributed by atoms with van der Waals surface area (Å²) in [5.74, 6) is 0.949. The van der Waals surface area contributed by atoms with Crippen LogP contribution in [0.4, 0.5) is 5.69 Å². The number of hydrogen-bond acceptors (Lipinski definition) is 5. The standard InChI is InChI=1S/C24H32N4O2/c29-24(23-7-2-3-12-25-23)28-18-16-27(17-19-28)21-8-10-22(11-9-21)30-20-6-15-26-13-4-1-5-14-26/h2-3,7-12H,1,4-6,13-20H2. The van der Waals surface area contributed by atoms with Crippen LogP contribution in [0.5, 0.6) is 5.75 Å². The Bertz CT molecular complexity index is 783. The van der Waals surface area contributed by atoms with Crippen LogP contribution in [0.1, 0.15) is 36.2 Å². The highest BCUT2D eigenvalue weighted by Gasteiger charge is 2.22. The molecule has 2 aliphatic rings. The van der Waals surface area contributed by atoms with Gasteiger partial charge in [-0.15, -0.1) is 0 Å². The largest absolute Gasteiger partial charge is 0.494 e.